The molecule has 2 aromatic heterocycles. The smallest absolute Gasteiger partial charge is 0.359 e. The highest BCUT2D eigenvalue weighted by atomic mass is 16.5. The Morgan fingerprint density at radius 1 is 1.21 bits per heavy atom. The Balaban J connectivity index is 2.71. The number of esters is 1. The molecule has 0 spiro atoms. The predicted molar refractivity (Wildman–Crippen MR) is 48.7 cm³/mol. The van der Waals surface area contributed by atoms with Gasteiger partial charge in [-0.05, 0) is 6.07 Å². The molecular formula is C9H7N3O2. The fraction of sp³-hybridized carbons (Fsp3) is 0.111. The highest BCUT2D eigenvalue weighted by Gasteiger charge is 2.12. The van der Waals surface area contributed by atoms with Gasteiger partial charge in [-0.15, -0.1) is 0 Å². The van der Waals surface area contributed by atoms with E-state index in [1.807, 2.05) is 0 Å². The lowest BCUT2D eigenvalue weighted by molar-refractivity contribution is 0.0596. The number of rotatable bonds is 1. The van der Waals surface area contributed by atoms with Crippen LogP contribution in [0, 0.1) is 0 Å². The van der Waals surface area contributed by atoms with Gasteiger partial charge in [0.25, 0.3) is 0 Å². The standard InChI is InChI=1S/C9H7N3O2/c1-14-9(13)8-7-6(2-3-11-8)10-4-5-12-7/h2-5H,1H3. The lowest BCUT2D eigenvalue weighted by Gasteiger charge is -2.00. The second kappa shape index (κ2) is 3.37. The van der Waals surface area contributed by atoms with E-state index < -0.39 is 5.97 Å². The number of aromatic nitrogens is 3. The van der Waals surface area contributed by atoms with Crippen LogP contribution < -0.4 is 0 Å². The number of hydrogen-bond acceptors (Lipinski definition) is 5. The molecule has 0 aliphatic carbocycles. The Kier molecular flexibility index (Phi) is 2.06. The molecule has 0 unspecified atom stereocenters. The molecule has 2 rings (SSSR count). The van der Waals surface area contributed by atoms with Crippen molar-refractivity contribution in [3.63, 3.8) is 0 Å². The first-order valence-corrected chi connectivity index (χ1v) is 3.97. The van der Waals surface area contributed by atoms with Gasteiger partial charge < -0.3 is 4.74 Å². The summed E-state index contributed by atoms with van der Waals surface area (Å²) in [4.78, 5) is 23.2. The molecule has 0 bridgehead atoms. The monoisotopic (exact) mass is 189 g/mol. The Bertz CT molecular complexity index is 479. The van der Waals surface area contributed by atoms with Crippen LogP contribution in [0.25, 0.3) is 11.0 Å². The van der Waals surface area contributed by atoms with E-state index in [9.17, 15) is 4.79 Å². The van der Waals surface area contributed by atoms with Crippen molar-refractivity contribution in [2.75, 3.05) is 7.11 Å². The van der Waals surface area contributed by atoms with Crippen LogP contribution in [0.1, 0.15) is 10.5 Å². The molecule has 14 heavy (non-hydrogen) atoms. The summed E-state index contributed by atoms with van der Waals surface area (Å²) in [5.74, 6) is -0.504. The van der Waals surface area contributed by atoms with Crippen molar-refractivity contribution in [2.45, 2.75) is 0 Å². The van der Waals surface area contributed by atoms with Crippen LogP contribution in [0.15, 0.2) is 24.7 Å². The van der Waals surface area contributed by atoms with Crippen molar-refractivity contribution in [3.05, 3.63) is 30.4 Å². The van der Waals surface area contributed by atoms with E-state index in [2.05, 4.69) is 19.7 Å². The molecule has 0 amide bonds. The van der Waals surface area contributed by atoms with E-state index >= 15 is 0 Å². The first-order chi connectivity index (χ1) is 6.83. The molecule has 0 radical (unpaired) electrons. The number of ether oxygens (including phenoxy) is 1. The minimum absolute atomic E-state index is 0.193. The zero-order chi connectivity index (χ0) is 9.97. The van der Waals surface area contributed by atoms with Crippen LogP contribution in [-0.2, 0) is 4.74 Å². The molecule has 2 aromatic rings. The van der Waals surface area contributed by atoms with E-state index in [1.165, 1.54) is 19.5 Å². The van der Waals surface area contributed by atoms with Crippen molar-refractivity contribution < 1.29 is 9.53 Å². The molecule has 0 saturated carbocycles. The molecule has 0 aromatic carbocycles. The molecule has 0 atom stereocenters. The van der Waals surface area contributed by atoms with Crippen molar-refractivity contribution in [1.82, 2.24) is 15.0 Å². The molecule has 2 heterocycles. The number of pyridine rings is 1. The van der Waals surface area contributed by atoms with E-state index in [-0.39, 0.29) is 5.69 Å². The van der Waals surface area contributed by atoms with E-state index in [0.717, 1.165) is 0 Å². The lowest BCUT2D eigenvalue weighted by atomic mass is 10.3. The summed E-state index contributed by atoms with van der Waals surface area (Å²) < 4.78 is 4.58. The second-order valence-electron chi connectivity index (χ2n) is 2.58. The third-order valence-corrected chi connectivity index (χ3v) is 1.77. The van der Waals surface area contributed by atoms with Gasteiger partial charge in [-0.25, -0.2) is 9.78 Å². The minimum atomic E-state index is -0.504. The zero-order valence-electron chi connectivity index (χ0n) is 7.47. The third-order valence-electron chi connectivity index (χ3n) is 1.77. The van der Waals surface area contributed by atoms with Crippen LogP contribution >= 0.6 is 0 Å². The fourth-order valence-electron chi connectivity index (χ4n) is 1.14. The van der Waals surface area contributed by atoms with Gasteiger partial charge in [0.2, 0.25) is 0 Å². The van der Waals surface area contributed by atoms with Gasteiger partial charge in [-0.3, -0.25) is 9.97 Å². The Morgan fingerprint density at radius 2 is 2.00 bits per heavy atom. The van der Waals surface area contributed by atoms with E-state index in [1.54, 1.807) is 12.3 Å². The Hall–Kier alpha value is -2.04. The molecule has 0 fully saturated rings. The molecular weight excluding hydrogens is 182 g/mol. The average Bonchev–Trinajstić information content (AvgIpc) is 2.27. The summed E-state index contributed by atoms with van der Waals surface area (Å²) >= 11 is 0. The number of fused-ring (bicyclic) bond motifs is 1. The van der Waals surface area contributed by atoms with Crippen LogP contribution in [-0.4, -0.2) is 28.0 Å². The fourth-order valence-corrected chi connectivity index (χ4v) is 1.14. The molecule has 0 aliphatic heterocycles. The van der Waals surface area contributed by atoms with Gasteiger partial charge in [-0.1, -0.05) is 0 Å². The van der Waals surface area contributed by atoms with Crippen molar-refractivity contribution in [3.8, 4) is 0 Å². The minimum Gasteiger partial charge on any atom is -0.464 e. The Labute approximate surface area is 79.8 Å². The van der Waals surface area contributed by atoms with E-state index in [4.69, 9.17) is 0 Å². The maximum atomic E-state index is 11.3. The van der Waals surface area contributed by atoms with Gasteiger partial charge in [0.1, 0.15) is 5.52 Å². The summed E-state index contributed by atoms with van der Waals surface area (Å²) in [5.41, 5.74) is 1.28. The SMILES string of the molecule is COC(=O)c1nccc2nccnc12. The number of carbonyl (C=O) groups excluding carboxylic acids is 1. The lowest BCUT2D eigenvalue weighted by Crippen LogP contribution is -2.05. The van der Waals surface area contributed by atoms with Gasteiger partial charge >= 0.3 is 5.97 Å². The first kappa shape index (κ1) is 8.55. The highest BCUT2D eigenvalue weighted by molar-refractivity contribution is 5.99. The predicted octanol–water partition coefficient (Wildman–Crippen LogP) is 0.811. The van der Waals surface area contributed by atoms with Gasteiger partial charge in [0.05, 0.1) is 12.6 Å². The van der Waals surface area contributed by atoms with Crippen molar-refractivity contribution in [2.24, 2.45) is 0 Å². The molecule has 5 nitrogen and oxygen atoms in total. The van der Waals surface area contributed by atoms with Gasteiger partial charge in [-0.2, -0.15) is 0 Å². The maximum Gasteiger partial charge on any atom is 0.359 e. The van der Waals surface area contributed by atoms with Crippen LogP contribution in [0.2, 0.25) is 0 Å². The molecule has 0 aliphatic rings. The first-order valence-electron chi connectivity index (χ1n) is 3.97. The largest absolute Gasteiger partial charge is 0.464 e. The van der Waals surface area contributed by atoms with Crippen LogP contribution in [0.4, 0.5) is 0 Å². The van der Waals surface area contributed by atoms with E-state index in [0.29, 0.717) is 11.0 Å². The summed E-state index contributed by atoms with van der Waals surface area (Å²) in [6, 6.07) is 1.69. The summed E-state index contributed by atoms with van der Waals surface area (Å²) in [6.07, 6.45) is 4.57. The summed E-state index contributed by atoms with van der Waals surface area (Å²) in [6.45, 7) is 0. The van der Waals surface area contributed by atoms with Crippen LogP contribution in [0.3, 0.4) is 0 Å². The van der Waals surface area contributed by atoms with Crippen molar-refractivity contribution >= 4 is 17.0 Å². The second-order valence-corrected chi connectivity index (χ2v) is 2.58. The maximum absolute atomic E-state index is 11.3. The van der Waals surface area contributed by atoms with Crippen molar-refractivity contribution in [1.29, 1.82) is 0 Å². The Morgan fingerprint density at radius 3 is 2.79 bits per heavy atom. The molecule has 0 saturated heterocycles. The number of hydrogen-bond donors (Lipinski definition) is 0. The number of nitrogens with zero attached hydrogens (tertiary/aromatic N) is 3. The average molecular weight is 189 g/mol. The summed E-state index contributed by atoms with van der Waals surface area (Å²) in [7, 11) is 1.30. The zero-order valence-corrected chi connectivity index (χ0v) is 7.47. The normalized spacial score (nSPS) is 10.1. The molecule has 70 valence electrons. The quantitative estimate of drug-likeness (QED) is 0.621. The van der Waals surface area contributed by atoms with Gasteiger partial charge in [0.15, 0.2) is 5.69 Å². The third kappa shape index (κ3) is 1.28. The van der Waals surface area contributed by atoms with Gasteiger partial charge in [0, 0.05) is 18.6 Å². The highest BCUT2D eigenvalue weighted by Crippen LogP contribution is 2.11. The molecule has 5 heteroatoms. The topological polar surface area (TPSA) is 65.0 Å². The number of methoxy groups -OCH3 is 1. The van der Waals surface area contributed by atoms with Crippen LogP contribution in [0.5, 0.6) is 0 Å². The summed E-state index contributed by atoms with van der Waals surface area (Å²) in [5, 5.41) is 0. The molecule has 0 N–H and O–H groups in total. The number of carbonyl (C=O) groups is 1.